The molecule has 2 aliphatic rings. The highest BCUT2D eigenvalue weighted by molar-refractivity contribution is 7.09. The molecule has 2 aromatic rings. The van der Waals surface area contributed by atoms with E-state index in [-0.39, 0.29) is 5.60 Å². The van der Waals surface area contributed by atoms with Gasteiger partial charge in [-0.25, -0.2) is 9.97 Å². The number of hydrogen-bond acceptors (Lipinski definition) is 7. The van der Waals surface area contributed by atoms with Crippen molar-refractivity contribution in [2.75, 3.05) is 26.3 Å². The SMILES string of the molecule is Cc1csc(CN2CC3(C2)OCCC3COCc2csc(C)n2)n1. The molecule has 4 rings (SSSR count). The first kappa shape index (κ1) is 16.6. The van der Waals surface area contributed by atoms with E-state index in [1.807, 2.05) is 6.92 Å². The summed E-state index contributed by atoms with van der Waals surface area (Å²) in [5.74, 6) is 0.492. The fourth-order valence-electron chi connectivity index (χ4n) is 3.64. The van der Waals surface area contributed by atoms with E-state index in [1.54, 1.807) is 22.7 Å². The molecule has 1 spiro atoms. The quantitative estimate of drug-likeness (QED) is 0.787. The fraction of sp³-hybridized carbons (Fsp3) is 0.647. The number of hydrogen-bond donors (Lipinski definition) is 0. The van der Waals surface area contributed by atoms with Gasteiger partial charge >= 0.3 is 0 Å². The lowest BCUT2D eigenvalue weighted by atomic mass is 9.81. The zero-order valence-corrected chi connectivity index (χ0v) is 15.8. The van der Waals surface area contributed by atoms with Gasteiger partial charge in [0.1, 0.15) is 5.01 Å². The summed E-state index contributed by atoms with van der Waals surface area (Å²) in [6.45, 7) is 9.24. The van der Waals surface area contributed by atoms with E-state index >= 15 is 0 Å². The summed E-state index contributed by atoms with van der Waals surface area (Å²) in [6, 6.07) is 0. The first-order valence-corrected chi connectivity index (χ1v) is 10.1. The first-order valence-electron chi connectivity index (χ1n) is 8.39. The summed E-state index contributed by atoms with van der Waals surface area (Å²) in [5, 5.41) is 6.50. The van der Waals surface area contributed by atoms with Gasteiger partial charge in [-0.2, -0.15) is 0 Å². The molecule has 0 aliphatic carbocycles. The number of aryl methyl sites for hydroxylation is 2. The fourth-order valence-corrected chi connectivity index (χ4v) is 5.05. The van der Waals surface area contributed by atoms with Crippen LogP contribution in [0, 0.1) is 19.8 Å². The average molecular weight is 366 g/mol. The Kier molecular flexibility index (Phi) is 4.70. The Morgan fingerprint density at radius 3 is 2.88 bits per heavy atom. The Morgan fingerprint density at radius 2 is 2.17 bits per heavy atom. The smallest absolute Gasteiger partial charge is 0.107 e. The number of thiazole rings is 2. The van der Waals surface area contributed by atoms with Crippen LogP contribution >= 0.6 is 22.7 Å². The third-order valence-corrected chi connectivity index (χ3v) is 6.62. The third kappa shape index (κ3) is 3.41. The summed E-state index contributed by atoms with van der Waals surface area (Å²) in [4.78, 5) is 11.4. The van der Waals surface area contributed by atoms with Gasteiger partial charge in [0, 0.05) is 42.1 Å². The number of rotatable bonds is 6. The second-order valence-corrected chi connectivity index (χ2v) is 8.80. The van der Waals surface area contributed by atoms with Gasteiger partial charge in [0.15, 0.2) is 0 Å². The van der Waals surface area contributed by atoms with Gasteiger partial charge in [-0.1, -0.05) is 0 Å². The van der Waals surface area contributed by atoms with E-state index in [0.29, 0.717) is 12.5 Å². The lowest BCUT2D eigenvalue weighted by Gasteiger charge is -2.50. The van der Waals surface area contributed by atoms with E-state index < -0.39 is 0 Å². The van der Waals surface area contributed by atoms with Crippen LogP contribution < -0.4 is 0 Å². The highest BCUT2D eigenvalue weighted by Gasteiger charge is 2.52. The predicted molar refractivity (Wildman–Crippen MR) is 95.4 cm³/mol. The van der Waals surface area contributed by atoms with E-state index in [4.69, 9.17) is 9.47 Å². The Balaban J connectivity index is 1.26. The summed E-state index contributed by atoms with van der Waals surface area (Å²) in [5.41, 5.74) is 2.16. The average Bonchev–Trinajstić information content (AvgIpc) is 3.21. The lowest BCUT2D eigenvalue weighted by molar-refractivity contribution is -0.146. The number of likely N-dealkylation sites (tertiary alicyclic amines) is 1. The van der Waals surface area contributed by atoms with Gasteiger partial charge < -0.3 is 9.47 Å². The molecule has 0 bridgehead atoms. The van der Waals surface area contributed by atoms with Gasteiger partial charge in [-0.3, -0.25) is 4.90 Å². The van der Waals surface area contributed by atoms with Crippen LogP contribution in [0.15, 0.2) is 10.8 Å². The number of nitrogens with zero attached hydrogens (tertiary/aromatic N) is 3. The van der Waals surface area contributed by atoms with E-state index in [0.717, 1.165) is 55.7 Å². The molecule has 5 nitrogen and oxygen atoms in total. The second-order valence-electron chi connectivity index (χ2n) is 6.80. The van der Waals surface area contributed by atoms with Crippen molar-refractivity contribution in [1.82, 2.24) is 14.9 Å². The summed E-state index contributed by atoms with van der Waals surface area (Å²) >= 11 is 3.43. The molecule has 4 heterocycles. The van der Waals surface area contributed by atoms with Crippen molar-refractivity contribution < 1.29 is 9.47 Å². The molecule has 2 saturated heterocycles. The molecule has 0 radical (unpaired) electrons. The van der Waals surface area contributed by atoms with Crippen molar-refractivity contribution in [2.45, 2.75) is 39.0 Å². The minimum atomic E-state index is 0.00426. The van der Waals surface area contributed by atoms with Crippen LogP contribution in [0.5, 0.6) is 0 Å². The molecule has 0 aromatic carbocycles. The molecule has 2 aliphatic heterocycles. The van der Waals surface area contributed by atoms with Crippen molar-refractivity contribution in [2.24, 2.45) is 5.92 Å². The molecule has 7 heteroatoms. The van der Waals surface area contributed by atoms with Gasteiger partial charge in [0.2, 0.25) is 0 Å². The van der Waals surface area contributed by atoms with Crippen LogP contribution in [-0.2, 0) is 22.6 Å². The van der Waals surface area contributed by atoms with Crippen LogP contribution in [0.4, 0.5) is 0 Å². The maximum atomic E-state index is 6.12. The minimum Gasteiger partial charge on any atom is -0.375 e. The highest BCUT2D eigenvalue weighted by Crippen LogP contribution is 2.40. The molecule has 1 atom stereocenters. The van der Waals surface area contributed by atoms with Crippen molar-refractivity contribution in [3.8, 4) is 0 Å². The zero-order valence-electron chi connectivity index (χ0n) is 14.2. The highest BCUT2D eigenvalue weighted by atomic mass is 32.1. The van der Waals surface area contributed by atoms with Crippen molar-refractivity contribution in [1.29, 1.82) is 0 Å². The van der Waals surface area contributed by atoms with Crippen LogP contribution in [0.2, 0.25) is 0 Å². The minimum absolute atomic E-state index is 0.00426. The molecule has 2 aromatic heterocycles. The third-order valence-electron chi connectivity index (χ3n) is 4.84. The van der Waals surface area contributed by atoms with Gasteiger partial charge in [0.05, 0.1) is 36.1 Å². The van der Waals surface area contributed by atoms with Crippen LogP contribution in [0.3, 0.4) is 0 Å². The van der Waals surface area contributed by atoms with E-state index in [1.165, 1.54) is 5.01 Å². The topological polar surface area (TPSA) is 47.5 Å². The second kappa shape index (κ2) is 6.80. The summed E-state index contributed by atoms with van der Waals surface area (Å²) < 4.78 is 12.1. The molecule has 130 valence electrons. The zero-order chi connectivity index (χ0) is 16.6. The van der Waals surface area contributed by atoms with Crippen LogP contribution in [-0.4, -0.2) is 46.8 Å². The Bertz CT molecular complexity index is 694. The van der Waals surface area contributed by atoms with Crippen molar-refractivity contribution >= 4 is 22.7 Å². The molecular weight excluding hydrogens is 342 g/mol. The number of ether oxygens (including phenoxy) is 2. The van der Waals surface area contributed by atoms with Crippen molar-refractivity contribution in [3.05, 3.63) is 32.2 Å². The van der Waals surface area contributed by atoms with E-state index in [2.05, 4.69) is 32.6 Å². The van der Waals surface area contributed by atoms with E-state index in [9.17, 15) is 0 Å². The molecule has 24 heavy (non-hydrogen) atoms. The monoisotopic (exact) mass is 365 g/mol. The molecule has 0 N–H and O–H groups in total. The van der Waals surface area contributed by atoms with Crippen LogP contribution in [0.25, 0.3) is 0 Å². The molecule has 2 fully saturated rings. The predicted octanol–water partition coefficient (Wildman–Crippen LogP) is 3.02. The van der Waals surface area contributed by atoms with Gasteiger partial charge in [-0.05, 0) is 20.3 Å². The molecule has 1 unspecified atom stereocenters. The first-order chi connectivity index (χ1) is 11.6. The van der Waals surface area contributed by atoms with Crippen molar-refractivity contribution in [3.63, 3.8) is 0 Å². The molecule has 0 saturated carbocycles. The normalized spacial score (nSPS) is 23.0. The van der Waals surface area contributed by atoms with Gasteiger partial charge in [0.25, 0.3) is 0 Å². The Morgan fingerprint density at radius 1 is 1.29 bits per heavy atom. The maximum absolute atomic E-state index is 6.12. The molecular formula is C17H23N3O2S2. The number of aromatic nitrogens is 2. The maximum Gasteiger partial charge on any atom is 0.107 e. The lowest BCUT2D eigenvalue weighted by Crippen LogP contribution is -2.64. The van der Waals surface area contributed by atoms with Gasteiger partial charge in [-0.15, -0.1) is 22.7 Å². The standard InChI is InChI=1S/C17H23N3O2S2/c1-12-8-24-16(18-12)5-20-10-17(11-20)14(3-4-22-17)6-21-7-15-9-23-13(2)19-15/h8-9,14H,3-7,10-11H2,1-2H3. The summed E-state index contributed by atoms with van der Waals surface area (Å²) in [6.07, 6.45) is 1.10. The van der Waals surface area contributed by atoms with Crippen LogP contribution in [0.1, 0.15) is 27.8 Å². The largest absolute Gasteiger partial charge is 0.375 e. The Labute approximate surface area is 150 Å². The molecule has 0 amide bonds. The summed E-state index contributed by atoms with van der Waals surface area (Å²) in [7, 11) is 0. The Hall–Kier alpha value is -0.860.